The lowest BCUT2D eigenvalue weighted by Crippen LogP contribution is -2.43. The van der Waals surface area contributed by atoms with Gasteiger partial charge in [0.25, 0.3) is 11.5 Å². The molecule has 1 N–H and O–H groups in total. The summed E-state index contributed by atoms with van der Waals surface area (Å²) in [7, 11) is 1.23. The third-order valence-electron chi connectivity index (χ3n) is 5.98. The van der Waals surface area contributed by atoms with Gasteiger partial charge in [0.1, 0.15) is 6.04 Å². The standard InChI is InChI=1S/C26H27Cl2N3O5/c1-5-30-15(3)21(24(33)31(6-2)26(30)35)17-12-10-16(11-13-17)14-20(25(34)36-4)29-23(32)22-18(27)8-7-9-19(22)28/h7-13,20H,5-6,14H2,1-4H3,(H,29,32)/t20-/m0/s1. The van der Waals surface area contributed by atoms with Gasteiger partial charge in [0.15, 0.2) is 0 Å². The summed E-state index contributed by atoms with van der Waals surface area (Å²) < 4.78 is 7.65. The van der Waals surface area contributed by atoms with Gasteiger partial charge in [0, 0.05) is 25.2 Å². The van der Waals surface area contributed by atoms with Crippen LogP contribution in [0.3, 0.4) is 0 Å². The highest BCUT2D eigenvalue weighted by Gasteiger charge is 2.25. The molecule has 0 unspecified atom stereocenters. The van der Waals surface area contributed by atoms with Crippen LogP contribution in [0.5, 0.6) is 0 Å². The molecule has 8 nitrogen and oxygen atoms in total. The Kier molecular flexibility index (Phi) is 8.76. The van der Waals surface area contributed by atoms with Crippen molar-refractivity contribution in [3.05, 3.63) is 90.2 Å². The number of esters is 1. The smallest absolute Gasteiger partial charge is 0.331 e. The molecule has 36 heavy (non-hydrogen) atoms. The van der Waals surface area contributed by atoms with Crippen molar-refractivity contribution in [1.82, 2.24) is 14.5 Å². The number of benzene rings is 2. The van der Waals surface area contributed by atoms with Crippen molar-refractivity contribution in [3.8, 4) is 11.1 Å². The number of nitrogens with one attached hydrogen (secondary N) is 1. The lowest BCUT2D eigenvalue weighted by atomic mass is 10.00. The zero-order valence-corrected chi connectivity index (χ0v) is 21.9. The average molecular weight is 532 g/mol. The van der Waals surface area contributed by atoms with Gasteiger partial charge < -0.3 is 10.1 Å². The van der Waals surface area contributed by atoms with Gasteiger partial charge in [-0.05, 0) is 44.0 Å². The second-order valence-electron chi connectivity index (χ2n) is 8.08. The van der Waals surface area contributed by atoms with Crippen LogP contribution in [0.1, 0.15) is 35.5 Å². The molecular weight excluding hydrogens is 505 g/mol. The molecule has 0 aliphatic carbocycles. The highest BCUT2D eigenvalue weighted by Crippen LogP contribution is 2.25. The number of amides is 1. The summed E-state index contributed by atoms with van der Waals surface area (Å²) in [6.45, 7) is 6.05. The maximum atomic E-state index is 13.0. The molecule has 1 amide bonds. The molecule has 2 aromatic carbocycles. The number of nitrogens with zero attached hydrogens (tertiary/aromatic N) is 2. The summed E-state index contributed by atoms with van der Waals surface area (Å²) in [6.07, 6.45) is 0.132. The minimum atomic E-state index is -0.998. The van der Waals surface area contributed by atoms with E-state index in [1.807, 2.05) is 6.92 Å². The topological polar surface area (TPSA) is 99.4 Å². The van der Waals surface area contributed by atoms with E-state index in [0.29, 0.717) is 23.4 Å². The Hall–Kier alpha value is -3.36. The van der Waals surface area contributed by atoms with E-state index >= 15 is 0 Å². The molecule has 1 heterocycles. The molecule has 3 rings (SSSR count). The number of halogens is 2. The first-order valence-electron chi connectivity index (χ1n) is 11.4. The number of hydrogen-bond donors (Lipinski definition) is 1. The highest BCUT2D eigenvalue weighted by atomic mass is 35.5. The van der Waals surface area contributed by atoms with Gasteiger partial charge in [-0.25, -0.2) is 9.59 Å². The Morgan fingerprint density at radius 2 is 1.56 bits per heavy atom. The molecule has 0 fully saturated rings. The van der Waals surface area contributed by atoms with E-state index in [1.54, 1.807) is 48.7 Å². The molecule has 1 atom stereocenters. The van der Waals surface area contributed by atoms with E-state index in [2.05, 4.69) is 5.32 Å². The largest absolute Gasteiger partial charge is 0.467 e. The molecule has 0 bridgehead atoms. The highest BCUT2D eigenvalue weighted by molar-refractivity contribution is 6.39. The van der Waals surface area contributed by atoms with E-state index in [4.69, 9.17) is 27.9 Å². The maximum absolute atomic E-state index is 13.0. The molecule has 0 aliphatic rings. The number of hydrogen-bond acceptors (Lipinski definition) is 5. The molecule has 0 radical (unpaired) electrons. The molecule has 0 spiro atoms. The van der Waals surface area contributed by atoms with Crippen molar-refractivity contribution >= 4 is 35.1 Å². The predicted octanol–water partition coefficient (Wildman–Crippen LogP) is 3.85. The summed E-state index contributed by atoms with van der Waals surface area (Å²) in [6, 6.07) is 10.7. The number of carbonyl (C=O) groups is 2. The Labute approximate surface area is 218 Å². The summed E-state index contributed by atoms with van der Waals surface area (Å²) >= 11 is 12.3. The lowest BCUT2D eigenvalue weighted by Gasteiger charge is -2.18. The molecule has 10 heteroatoms. The van der Waals surface area contributed by atoms with Crippen LogP contribution in [-0.2, 0) is 29.0 Å². The molecule has 0 saturated carbocycles. The van der Waals surface area contributed by atoms with Crippen LogP contribution < -0.4 is 16.6 Å². The van der Waals surface area contributed by atoms with Gasteiger partial charge in [-0.2, -0.15) is 0 Å². The minimum absolute atomic E-state index is 0.0683. The van der Waals surface area contributed by atoms with Gasteiger partial charge in [0.2, 0.25) is 0 Å². The SMILES string of the molecule is CCn1c(C)c(-c2ccc(C[C@H](NC(=O)c3c(Cl)cccc3Cl)C(=O)OC)cc2)c(=O)n(CC)c1=O. The van der Waals surface area contributed by atoms with E-state index in [9.17, 15) is 19.2 Å². The van der Waals surface area contributed by atoms with Gasteiger partial charge in [-0.3, -0.25) is 18.7 Å². The van der Waals surface area contributed by atoms with Crippen LogP contribution >= 0.6 is 23.2 Å². The van der Waals surface area contributed by atoms with Gasteiger partial charge in [-0.15, -0.1) is 0 Å². The quantitative estimate of drug-likeness (QED) is 0.445. The van der Waals surface area contributed by atoms with E-state index < -0.39 is 17.9 Å². The van der Waals surface area contributed by atoms with Crippen molar-refractivity contribution in [2.75, 3.05) is 7.11 Å². The summed E-state index contributed by atoms with van der Waals surface area (Å²) in [5, 5.41) is 2.96. The van der Waals surface area contributed by atoms with Gasteiger partial charge >= 0.3 is 11.7 Å². The molecule has 0 aliphatic heterocycles. The molecule has 3 aromatic rings. The third-order valence-corrected chi connectivity index (χ3v) is 6.61. The maximum Gasteiger partial charge on any atom is 0.331 e. The zero-order chi connectivity index (χ0) is 26.6. The fraction of sp³-hybridized carbons (Fsp3) is 0.308. The van der Waals surface area contributed by atoms with Crippen molar-refractivity contribution < 1.29 is 14.3 Å². The van der Waals surface area contributed by atoms with Crippen molar-refractivity contribution in [3.63, 3.8) is 0 Å². The average Bonchev–Trinajstić information content (AvgIpc) is 2.84. The normalized spacial score (nSPS) is 11.7. The Balaban J connectivity index is 1.92. The monoisotopic (exact) mass is 531 g/mol. The van der Waals surface area contributed by atoms with Crippen LogP contribution in [0.15, 0.2) is 52.1 Å². The zero-order valence-electron chi connectivity index (χ0n) is 20.4. The van der Waals surface area contributed by atoms with Crippen LogP contribution in [-0.4, -0.2) is 34.2 Å². The molecular formula is C26H27Cl2N3O5. The number of rotatable bonds is 8. The number of aromatic nitrogens is 2. The third kappa shape index (κ3) is 5.39. The van der Waals surface area contributed by atoms with Crippen LogP contribution in [0.25, 0.3) is 11.1 Å². The van der Waals surface area contributed by atoms with E-state index in [1.165, 1.54) is 23.8 Å². The number of carbonyl (C=O) groups excluding carboxylic acids is 2. The first kappa shape index (κ1) is 27.2. The number of ether oxygens (including phenoxy) is 1. The lowest BCUT2D eigenvalue weighted by molar-refractivity contribution is -0.142. The van der Waals surface area contributed by atoms with E-state index in [-0.39, 0.29) is 39.8 Å². The van der Waals surface area contributed by atoms with Crippen molar-refractivity contribution in [1.29, 1.82) is 0 Å². The van der Waals surface area contributed by atoms with Crippen molar-refractivity contribution in [2.45, 2.75) is 46.3 Å². The Morgan fingerprint density at radius 1 is 0.972 bits per heavy atom. The summed E-state index contributed by atoms with van der Waals surface area (Å²) in [5.41, 5.74) is 1.77. The first-order valence-corrected chi connectivity index (χ1v) is 12.2. The molecule has 1 aromatic heterocycles. The van der Waals surface area contributed by atoms with Gasteiger partial charge in [0.05, 0.1) is 28.3 Å². The first-order chi connectivity index (χ1) is 17.1. The molecule has 190 valence electrons. The minimum Gasteiger partial charge on any atom is -0.467 e. The number of methoxy groups -OCH3 is 1. The van der Waals surface area contributed by atoms with Gasteiger partial charge in [-0.1, -0.05) is 53.5 Å². The Morgan fingerprint density at radius 3 is 2.08 bits per heavy atom. The second kappa shape index (κ2) is 11.6. The van der Waals surface area contributed by atoms with Crippen LogP contribution in [0, 0.1) is 6.92 Å². The van der Waals surface area contributed by atoms with Crippen LogP contribution in [0.4, 0.5) is 0 Å². The van der Waals surface area contributed by atoms with E-state index in [0.717, 1.165) is 5.56 Å². The fourth-order valence-electron chi connectivity index (χ4n) is 4.11. The second-order valence-corrected chi connectivity index (χ2v) is 8.90. The summed E-state index contributed by atoms with van der Waals surface area (Å²) in [4.78, 5) is 50.9. The van der Waals surface area contributed by atoms with Crippen LogP contribution in [0.2, 0.25) is 10.0 Å². The predicted molar refractivity (Wildman–Crippen MR) is 140 cm³/mol. The molecule has 0 saturated heterocycles. The van der Waals surface area contributed by atoms with Crippen molar-refractivity contribution in [2.24, 2.45) is 0 Å². The fourth-order valence-corrected chi connectivity index (χ4v) is 4.68. The summed E-state index contributed by atoms with van der Waals surface area (Å²) in [5.74, 6) is -1.23. The Bertz CT molecular complexity index is 1390.